The lowest BCUT2D eigenvalue weighted by molar-refractivity contribution is -0.184. The van der Waals surface area contributed by atoms with Crippen LogP contribution in [0.2, 0.25) is 0 Å². The Morgan fingerprint density at radius 3 is 1.79 bits per heavy atom. The lowest BCUT2D eigenvalue weighted by atomic mass is 9.90. The number of amides is 2. The van der Waals surface area contributed by atoms with Crippen molar-refractivity contribution in [3.8, 4) is 12.3 Å². The van der Waals surface area contributed by atoms with E-state index in [0.29, 0.717) is 6.61 Å². The van der Waals surface area contributed by atoms with Gasteiger partial charge in [0.15, 0.2) is 0 Å². The second-order valence-corrected chi connectivity index (χ2v) is 9.44. The van der Waals surface area contributed by atoms with Crippen molar-refractivity contribution in [1.82, 2.24) is 10.2 Å². The number of carbonyl (C=O) groups excluding carboxylic acids is 2. The molecule has 2 unspecified atom stereocenters. The molecule has 1 aliphatic rings. The van der Waals surface area contributed by atoms with Crippen LogP contribution in [-0.4, -0.2) is 54.2 Å². The van der Waals surface area contributed by atoms with Crippen LogP contribution in [0.1, 0.15) is 23.6 Å². The molecular formula is C32H34N2O5. The quantitative estimate of drug-likeness (QED) is 0.364. The highest BCUT2D eigenvalue weighted by molar-refractivity contribution is 5.89. The lowest BCUT2D eigenvalue weighted by Crippen LogP contribution is -2.70. The molecule has 39 heavy (non-hydrogen) atoms. The molecule has 3 aromatic carbocycles. The van der Waals surface area contributed by atoms with Gasteiger partial charge in [-0.25, -0.2) is 0 Å². The molecule has 1 fully saturated rings. The highest BCUT2D eigenvalue weighted by atomic mass is 16.5. The van der Waals surface area contributed by atoms with Gasteiger partial charge in [-0.05, 0) is 16.7 Å². The number of hydrogen-bond donors (Lipinski definition) is 1. The molecule has 4 rings (SSSR count). The lowest BCUT2D eigenvalue weighted by Gasteiger charge is -2.47. The number of rotatable bonds is 12. The first kappa shape index (κ1) is 28.1. The summed E-state index contributed by atoms with van der Waals surface area (Å²) in [5.74, 6) is 1.92. The van der Waals surface area contributed by atoms with Crippen molar-refractivity contribution in [3.05, 3.63) is 108 Å². The molecule has 0 aromatic heterocycles. The van der Waals surface area contributed by atoms with Crippen molar-refractivity contribution in [2.45, 2.75) is 51.0 Å². The van der Waals surface area contributed by atoms with Crippen molar-refractivity contribution in [3.63, 3.8) is 0 Å². The fraction of sp³-hybridized carbons (Fsp3) is 0.312. The van der Waals surface area contributed by atoms with E-state index < -0.39 is 24.3 Å². The Balaban J connectivity index is 1.64. The van der Waals surface area contributed by atoms with Gasteiger partial charge < -0.3 is 24.4 Å². The SMILES string of the molecule is C#CCN1C(=O)C(NC(C)=O)[C@H](OCc2ccccc2)[C@@H](OCc2ccccc2)C1COCc1ccccc1. The molecule has 0 radical (unpaired) electrons. The van der Waals surface area contributed by atoms with Crippen LogP contribution in [0.3, 0.4) is 0 Å². The van der Waals surface area contributed by atoms with Gasteiger partial charge in [0.2, 0.25) is 11.8 Å². The van der Waals surface area contributed by atoms with Gasteiger partial charge in [0.1, 0.15) is 18.2 Å². The number of ether oxygens (including phenoxy) is 3. The van der Waals surface area contributed by atoms with Crippen LogP contribution in [0.25, 0.3) is 0 Å². The van der Waals surface area contributed by atoms with E-state index in [9.17, 15) is 9.59 Å². The van der Waals surface area contributed by atoms with Crippen LogP contribution in [0.5, 0.6) is 0 Å². The van der Waals surface area contributed by atoms with Crippen molar-refractivity contribution >= 4 is 11.8 Å². The maximum Gasteiger partial charge on any atom is 0.249 e. The minimum absolute atomic E-state index is 0.0465. The first-order chi connectivity index (χ1) is 19.1. The molecule has 0 saturated carbocycles. The van der Waals surface area contributed by atoms with E-state index in [0.717, 1.165) is 16.7 Å². The van der Waals surface area contributed by atoms with E-state index >= 15 is 0 Å². The maximum atomic E-state index is 13.8. The van der Waals surface area contributed by atoms with Crippen LogP contribution in [-0.2, 0) is 43.6 Å². The number of terminal acetylenes is 1. The van der Waals surface area contributed by atoms with Gasteiger partial charge in [-0.15, -0.1) is 6.42 Å². The van der Waals surface area contributed by atoms with Crippen LogP contribution >= 0.6 is 0 Å². The maximum absolute atomic E-state index is 13.8. The largest absolute Gasteiger partial charge is 0.375 e. The number of nitrogens with one attached hydrogen (secondary N) is 1. The minimum atomic E-state index is -0.967. The van der Waals surface area contributed by atoms with Gasteiger partial charge in [0.05, 0.1) is 39.0 Å². The average molecular weight is 527 g/mol. The monoisotopic (exact) mass is 526 g/mol. The van der Waals surface area contributed by atoms with Crippen LogP contribution < -0.4 is 5.32 Å². The number of piperidine rings is 1. The first-order valence-electron chi connectivity index (χ1n) is 13.0. The molecule has 1 aliphatic heterocycles. The average Bonchev–Trinajstić information content (AvgIpc) is 2.96. The third kappa shape index (κ3) is 7.78. The predicted octanol–water partition coefficient (Wildman–Crippen LogP) is 3.72. The molecule has 202 valence electrons. The van der Waals surface area contributed by atoms with Crippen LogP contribution in [0.15, 0.2) is 91.0 Å². The number of nitrogens with zero attached hydrogens (tertiary/aromatic N) is 1. The summed E-state index contributed by atoms with van der Waals surface area (Å²) in [6, 6.07) is 27.7. The summed E-state index contributed by atoms with van der Waals surface area (Å²) in [6.45, 7) is 2.50. The Kier molecular flexibility index (Phi) is 10.3. The molecule has 1 saturated heterocycles. The molecule has 0 aliphatic carbocycles. The van der Waals surface area contributed by atoms with E-state index in [4.69, 9.17) is 20.6 Å². The van der Waals surface area contributed by atoms with Gasteiger partial charge in [0, 0.05) is 6.92 Å². The molecule has 1 N–H and O–H groups in total. The smallest absolute Gasteiger partial charge is 0.249 e. The third-order valence-electron chi connectivity index (χ3n) is 6.57. The summed E-state index contributed by atoms with van der Waals surface area (Å²) >= 11 is 0. The summed E-state index contributed by atoms with van der Waals surface area (Å²) in [7, 11) is 0. The molecular weight excluding hydrogens is 492 g/mol. The van der Waals surface area contributed by atoms with Gasteiger partial charge in [0.25, 0.3) is 0 Å². The summed E-state index contributed by atoms with van der Waals surface area (Å²) < 4.78 is 19.0. The minimum Gasteiger partial charge on any atom is -0.375 e. The van der Waals surface area contributed by atoms with Crippen LogP contribution in [0, 0.1) is 12.3 Å². The Bertz CT molecular complexity index is 1230. The molecule has 4 atom stereocenters. The van der Waals surface area contributed by atoms with Gasteiger partial charge in [-0.1, -0.05) is 96.9 Å². The second-order valence-electron chi connectivity index (χ2n) is 9.44. The summed E-state index contributed by atoms with van der Waals surface area (Å²) in [5.41, 5.74) is 2.92. The third-order valence-corrected chi connectivity index (χ3v) is 6.57. The zero-order valence-corrected chi connectivity index (χ0v) is 22.1. The Morgan fingerprint density at radius 2 is 1.31 bits per heavy atom. The molecule has 1 heterocycles. The van der Waals surface area contributed by atoms with E-state index in [-0.39, 0.29) is 38.2 Å². The van der Waals surface area contributed by atoms with Crippen LogP contribution in [0.4, 0.5) is 0 Å². The van der Waals surface area contributed by atoms with E-state index in [1.54, 1.807) is 4.90 Å². The molecule has 7 heteroatoms. The summed E-state index contributed by atoms with van der Waals surface area (Å²) in [6.07, 6.45) is 4.28. The highest BCUT2D eigenvalue weighted by Gasteiger charge is 2.50. The first-order valence-corrected chi connectivity index (χ1v) is 13.0. The topological polar surface area (TPSA) is 77.1 Å². The van der Waals surface area contributed by atoms with Gasteiger partial charge in [-0.3, -0.25) is 9.59 Å². The Morgan fingerprint density at radius 1 is 0.821 bits per heavy atom. The van der Waals surface area contributed by atoms with E-state index in [1.807, 2.05) is 91.0 Å². The zero-order chi connectivity index (χ0) is 27.5. The van der Waals surface area contributed by atoms with Crippen molar-refractivity contribution in [2.24, 2.45) is 0 Å². The summed E-state index contributed by atoms with van der Waals surface area (Å²) in [4.78, 5) is 27.5. The Hall–Kier alpha value is -3.96. The standard InChI is InChI=1S/C32H34N2O5/c1-3-19-34-28(23-37-20-25-13-7-4-8-14-25)30(38-21-26-15-9-5-10-16-26)31(29(32(34)36)33-24(2)35)39-22-27-17-11-6-12-18-27/h1,4-18,28-31H,19-23H2,2H3,(H,33,35)/t28?,29?,30-,31-/m0/s1. The molecule has 0 bridgehead atoms. The highest BCUT2D eigenvalue weighted by Crippen LogP contribution is 2.28. The molecule has 3 aromatic rings. The number of benzene rings is 3. The van der Waals surface area contributed by atoms with Crippen molar-refractivity contribution < 1.29 is 23.8 Å². The van der Waals surface area contributed by atoms with Crippen molar-refractivity contribution in [2.75, 3.05) is 13.2 Å². The summed E-state index contributed by atoms with van der Waals surface area (Å²) in [5, 5.41) is 2.79. The molecule has 0 spiro atoms. The van der Waals surface area contributed by atoms with E-state index in [2.05, 4.69) is 11.2 Å². The second kappa shape index (κ2) is 14.3. The molecule has 2 amide bonds. The van der Waals surface area contributed by atoms with Gasteiger partial charge >= 0.3 is 0 Å². The number of hydrogen-bond acceptors (Lipinski definition) is 5. The normalized spacial score (nSPS) is 20.8. The Labute approximate surface area is 230 Å². The fourth-order valence-electron chi connectivity index (χ4n) is 4.71. The predicted molar refractivity (Wildman–Crippen MR) is 148 cm³/mol. The number of carbonyl (C=O) groups is 2. The van der Waals surface area contributed by atoms with Gasteiger partial charge in [-0.2, -0.15) is 0 Å². The number of likely N-dealkylation sites (tertiary alicyclic amines) is 1. The van der Waals surface area contributed by atoms with Crippen molar-refractivity contribution in [1.29, 1.82) is 0 Å². The zero-order valence-electron chi connectivity index (χ0n) is 22.1. The van der Waals surface area contributed by atoms with E-state index in [1.165, 1.54) is 6.92 Å². The fourth-order valence-corrected chi connectivity index (χ4v) is 4.71. The molecule has 7 nitrogen and oxygen atoms in total.